The van der Waals surface area contributed by atoms with Gasteiger partial charge < -0.3 is 18.6 Å². The fraction of sp³-hybridized carbons (Fsp3) is 0.286. The van der Waals surface area contributed by atoms with E-state index in [1.807, 2.05) is 0 Å². The average Bonchev–Trinajstić information content (AvgIpc) is 3.49. The number of carbonyl (C=O) groups excluding carboxylic acids is 2. The third-order valence-electron chi connectivity index (χ3n) is 4.69. The van der Waals surface area contributed by atoms with Gasteiger partial charge in [0.2, 0.25) is 5.76 Å². The third kappa shape index (κ3) is 4.43. The Morgan fingerprint density at radius 3 is 2.93 bits per heavy atom. The van der Waals surface area contributed by atoms with Crippen LogP contribution in [0.3, 0.4) is 0 Å². The molecule has 1 atom stereocenters. The van der Waals surface area contributed by atoms with Crippen molar-refractivity contribution < 1.29 is 28.2 Å². The molecule has 1 aromatic carbocycles. The van der Waals surface area contributed by atoms with Gasteiger partial charge in [-0.15, -0.1) is 0 Å². The Labute approximate surface area is 183 Å². The highest BCUT2D eigenvalue weighted by atomic mass is 32.2. The van der Waals surface area contributed by atoms with Gasteiger partial charge in [-0.3, -0.25) is 9.69 Å². The van der Waals surface area contributed by atoms with Crippen LogP contribution >= 0.6 is 24.0 Å². The van der Waals surface area contributed by atoms with Crippen LogP contribution in [0.15, 0.2) is 45.9 Å². The van der Waals surface area contributed by atoms with Gasteiger partial charge in [-0.05, 0) is 48.7 Å². The van der Waals surface area contributed by atoms with Gasteiger partial charge in [0.05, 0.1) is 30.9 Å². The van der Waals surface area contributed by atoms with E-state index in [0.29, 0.717) is 21.5 Å². The van der Waals surface area contributed by atoms with E-state index in [4.69, 9.17) is 30.8 Å². The standard InChI is InChI=1S/C21H19NO6S2/c1-25-17-10-13(6-7-15(17)28-20(24)16-5-3-9-27-16)11-18-19(23)22(21(29)30-18)12-14-4-2-8-26-14/h3,5-7,9-11,14H,2,4,8,12H2,1H3/b18-11+/t14-/m0/s1. The number of hydrogen-bond acceptors (Lipinski definition) is 8. The maximum absolute atomic E-state index is 12.8. The van der Waals surface area contributed by atoms with Gasteiger partial charge >= 0.3 is 5.97 Å². The fourth-order valence-electron chi connectivity index (χ4n) is 3.20. The minimum Gasteiger partial charge on any atom is -0.493 e. The number of carbonyl (C=O) groups is 2. The van der Waals surface area contributed by atoms with Gasteiger partial charge in [-0.1, -0.05) is 30.0 Å². The molecule has 7 nitrogen and oxygen atoms in total. The van der Waals surface area contributed by atoms with Crippen molar-refractivity contribution in [3.63, 3.8) is 0 Å². The summed E-state index contributed by atoms with van der Waals surface area (Å²) >= 11 is 6.64. The summed E-state index contributed by atoms with van der Waals surface area (Å²) < 4.78 is 21.9. The second kappa shape index (κ2) is 9.03. The number of furan rings is 1. The summed E-state index contributed by atoms with van der Waals surface area (Å²) in [7, 11) is 1.48. The number of methoxy groups -OCH3 is 1. The van der Waals surface area contributed by atoms with E-state index in [1.165, 1.54) is 31.2 Å². The molecule has 1 aromatic heterocycles. The zero-order chi connectivity index (χ0) is 21.1. The zero-order valence-electron chi connectivity index (χ0n) is 16.2. The van der Waals surface area contributed by atoms with E-state index < -0.39 is 5.97 Å². The van der Waals surface area contributed by atoms with E-state index in [2.05, 4.69) is 0 Å². The molecule has 9 heteroatoms. The minimum absolute atomic E-state index is 0.0371. The van der Waals surface area contributed by atoms with Gasteiger partial charge in [-0.25, -0.2) is 4.79 Å². The number of hydrogen-bond donors (Lipinski definition) is 0. The largest absolute Gasteiger partial charge is 0.493 e. The Kier molecular flexibility index (Phi) is 6.21. The van der Waals surface area contributed by atoms with E-state index >= 15 is 0 Å². The summed E-state index contributed by atoms with van der Waals surface area (Å²) in [6, 6.07) is 8.16. The number of esters is 1. The first kappa shape index (κ1) is 20.6. The van der Waals surface area contributed by atoms with Crippen LogP contribution in [0.5, 0.6) is 11.5 Å². The van der Waals surface area contributed by atoms with E-state index in [-0.39, 0.29) is 23.5 Å². The normalized spacial score (nSPS) is 20.2. The van der Waals surface area contributed by atoms with Gasteiger partial charge in [0, 0.05) is 6.61 Å². The molecule has 30 heavy (non-hydrogen) atoms. The fourth-order valence-corrected chi connectivity index (χ4v) is 4.48. The van der Waals surface area contributed by atoms with E-state index in [1.54, 1.807) is 35.2 Å². The monoisotopic (exact) mass is 445 g/mol. The molecule has 2 saturated heterocycles. The van der Waals surface area contributed by atoms with Crippen molar-refractivity contribution in [2.45, 2.75) is 18.9 Å². The summed E-state index contributed by atoms with van der Waals surface area (Å²) in [5.41, 5.74) is 0.724. The number of thiocarbonyl (C=S) groups is 1. The van der Waals surface area contributed by atoms with Gasteiger partial charge in [0.25, 0.3) is 5.91 Å². The molecule has 0 spiro atoms. The summed E-state index contributed by atoms with van der Waals surface area (Å²) in [4.78, 5) is 27.0. The molecule has 0 N–H and O–H groups in total. The lowest BCUT2D eigenvalue weighted by Crippen LogP contribution is -2.35. The van der Waals surface area contributed by atoms with E-state index in [9.17, 15) is 9.59 Å². The van der Waals surface area contributed by atoms with Crippen molar-refractivity contribution in [2.75, 3.05) is 20.3 Å². The molecule has 0 unspecified atom stereocenters. The van der Waals surface area contributed by atoms with Crippen LogP contribution < -0.4 is 9.47 Å². The number of benzene rings is 1. The van der Waals surface area contributed by atoms with Gasteiger partial charge in [0.15, 0.2) is 11.5 Å². The molecule has 2 fully saturated rings. The highest BCUT2D eigenvalue weighted by Crippen LogP contribution is 2.35. The second-order valence-electron chi connectivity index (χ2n) is 6.70. The molecule has 0 radical (unpaired) electrons. The van der Waals surface area contributed by atoms with E-state index in [0.717, 1.165) is 25.0 Å². The Bertz CT molecular complexity index is 995. The summed E-state index contributed by atoms with van der Waals surface area (Å²) in [5.74, 6) is -0.0506. The predicted molar refractivity (Wildman–Crippen MR) is 116 cm³/mol. The summed E-state index contributed by atoms with van der Waals surface area (Å²) in [6.45, 7) is 1.21. The SMILES string of the molecule is COc1cc(/C=C2/SC(=S)N(C[C@@H]3CCCO3)C2=O)ccc1OC(=O)c1ccco1. The molecule has 2 aliphatic heterocycles. The van der Waals surface area contributed by atoms with Crippen molar-refractivity contribution >= 4 is 46.3 Å². The van der Waals surface area contributed by atoms with Crippen LogP contribution in [0.4, 0.5) is 0 Å². The Balaban J connectivity index is 1.49. The quantitative estimate of drug-likeness (QED) is 0.287. The Morgan fingerprint density at radius 2 is 2.23 bits per heavy atom. The van der Waals surface area contributed by atoms with Crippen molar-refractivity contribution in [1.29, 1.82) is 0 Å². The van der Waals surface area contributed by atoms with Gasteiger partial charge in [0.1, 0.15) is 4.32 Å². The molecule has 0 saturated carbocycles. The number of thioether (sulfide) groups is 1. The predicted octanol–water partition coefficient (Wildman–Crippen LogP) is 3.89. The third-order valence-corrected chi connectivity index (χ3v) is 6.07. The lowest BCUT2D eigenvalue weighted by Gasteiger charge is -2.18. The topological polar surface area (TPSA) is 78.2 Å². The number of nitrogens with zero attached hydrogens (tertiary/aromatic N) is 1. The molecule has 2 aliphatic rings. The van der Waals surface area contributed by atoms with Gasteiger partial charge in [-0.2, -0.15) is 0 Å². The molecule has 3 heterocycles. The average molecular weight is 446 g/mol. The Hall–Kier alpha value is -2.62. The lowest BCUT2D eigenvalue weighted by molar-refractivity contribution is -0.123. The Morgan fingerprint density at radius 1 is 1.37 bits per heavy atom. The molecule has 2 aromatic rings. The highest BCUT2D eigenvalue weighted by molar-refractivity contribution is 8.26. The highest BCUT2D eigenvalue weighted by Gasteiger charge is 2.34. The molecule has 156 valence electrons. The van der Waals surface area contributed by atoms with Crippen molar-refractivity contribution in [2.24, 2.45) is 0 Å². The molecule has 0 bridgehead atoms. The van der Waals surface area contributed by atoms with Crippen LogP contribution in [0.2, 0.25) is 0 Å². The van der Waals surface area contributed by atoms with Crippen molar-refractivity contribution in [3.8, 4) is 11.5 Å². The summed E-state index contributed by atoms with van der Waals surface area (Å²) in [6.07, 6.45) is 5.12. The van der Waals surface area contributed by atoms with Crippen LogP contribution in [-0.4, -0.2) is 47.5 Å². The molecule has 1 amide bonds. The molecule has 4 rings (SSSR count). The minimum atomic E-state index is -0.624. The zero-order valence-corrected chi connectivity index (χ0v) is 17.8. The lowest BCUT2D eigenvalue weighted by atomic mass is 10.1. The first-order valence-electron chi connectivity index (χ1n) is 9.36. The smallest absolute Gasteiger partial charge is 0.379 e. The first-order chi connectivity index (χ1) is 14.5. The second-order valence-corrected chi connectivity index (χ2v) is 8.38. The number of rotatable bonds is 6. The number of ether oxygens (including phenoxy) is 3. The van der Waals surface area contributed by atoms with Crippen LogP contribution in [0.1, 0.15) is 29.0 Å². The molecular weight excluding hydrogens is 426 g/mol. The first-order valence-corrected chi connectivity index (χ1v) is 10.6. The maximum Gasteiger partial charge on any atom is 0.379 e. The van der Waals surface area contributed by atoms with Crippen molar-refractivity contribution in [1.82, 2.24) is 4.90 Å². The molecule has 0 aliphatic carbocycles. The van der Waals surface area contributed by atoms with Crippen LogP contribution in [0.25, 0.3) is 6.08 Å². The summed E-state index contributed by atoms with van der Waals surface area (Å²) in [5, 5.41) is 0. The van der Waals surface area contributed by atoms with Crippen LogP contribution in [-0.2, 0) is 9.53 Å². The van der Waals surface area contributed by atoms with Crippen molar-refractivity contribution in [3.05, 3.63) is 52.8 Å². The van der Waals surface area contributed by atoms with Crippen LogP contribution in [0, 0.1) is 0 Å². The maximum atomic E-state index is 12.8. The number of amides is 1. The molecular formula is C21H19NO6S2.